The van der Waals surface area contributed by atoms with Crippen LogP contribution in [0.1, 0.15) is 16.7 Å². The third kappa shape index (κ3) is 4.64. The van der Waals surface area contributed by atoms with E-state index in [1.165, 1.54) is 34.6 Å². The monoisotopic (exact) mass is 627 g/mol. The topological polar surface area (TPSA) is 65.2 Å². The Morgan fingerprint density at radius 2 is 1.79 bits per heavy atom. The Bertz CT molecular complexity index is 1870. The molecule has 0 fully saturated rings. The standard InChI is InChI=1S/C27H17BrCl2FN5OS/c1-13-3-4-15(7-14(13)2)12-37-26-33-34-27-36(26)35-25(38-27)18-10-24(19-9-22(31)21(30)11-20(19)29)32-23-6-5-16(28)8-17(18)23/h3-11H,12H2,1-2H3. The summed E-state index contributed by atoms with van der Waals surface area (Å²) in [4.78, 5) is 5.32. The molecule has 3 heterocycles. The van der Waals surface area contributed by atoms with E-state index in [0.29, 0.717) is 44.4 Å². The van der Waals surface area contributed by atoms with Crippen LogP contribution in [0.25, 0.3) is 37.7 Å². The molecule has 0 N–H and O–H groups in total. The summed E-state index contributed by atoms with van der Waals surface area (Å²) in [6, 6.07) is 16.7. The summed E-state index contributed by atoms with van der Waals surface area (Å²) in [5.74, 6) is -0.574. The lowest BCUT2D eigenvalue weighted by molar-refractivity contribution is 0.274. The molecule has 3 aromatic heterocycles. The number of pyridine rings is 1. The molecule has 0 amide bonds. The molecule has 6 nitrogen and oxygen atoms in total. The zero-order valence-electron chi connectivity index (χ0n) is 20.0. The maximum Gasteiger partial charge on any atom is 0.340 e. The molecule has 11 heteroatoms. The molecule has 0 radical (unpaired) electrons. The number of aromatic nitrogens is 5. The lowest BCUT2D eigenvalue weighted by Gasteiger charge is -2.10. The van der Waals surface area contributed by atoms with Gasteiger partial charge in [-0.1, -0.05) is 73.8 Å². The molecular weight excluding hydrogens is 612 g/mol. The molecule has 0 unspecified atom stereocenters. The fourth-order valence-electron chi connectivity index (χ4n) is 4.07. The fourth-order valence-corrected chi connectivity index (χ4v) is 5.77. The molecule has 38 heavy (non-hydrogen) atoms. The zero-order chi connectivity index (χ0) is 26.6. The van der Waals surface area contributed by atoms with Crippen molar-refractivity contribution in [3.63, 3.8) is 0 Å². The first kappa shape index (κ1) is 25.2. The van der Waals surface area contributed by atoms with Crippen molar-refractivity contribution in [1.82, 2.24) is 24.8 Å². The molecule has 0 aliphatic heterocycles. The van der Waals surface area contributed by atoms with Crippen molar-refractivity contribution in [2.24, 2.45) is 0 Å². The molecule has 0 saturated carbocycles. The lowest BCUT2D eigenvalue weighted by Crippen LogP contribution is -2.01. The molecule has 6 rings (SSSR count). The number of halogens is 4. The number of fused-ring (bicyclic) bond motifs is 2. The van der Waals surface area contributed by atoms with Gasteiger partial charge in [0.05, 0.1) is 21.3 Å². The second kappa shape index (κ2) is 9.89. The van der Waals surface area contributed by atoms with Crippen LogP contribution in [0.3, 0.4) is 0 Å². The molecule has 0 saturated heterocycles. The zero-order valence-corrected chi connectivity index (χ0v) is 23.9. The van der Waals surface area contributed by atoms with Gasteiger partial charge in [-0.15, -0.1) is 10.2 Å². The quantitative estimate of drug-likeness (QED) is 0.179. The van der Waals surface area contributed by atoms with Gasteiger partial charge in [0.1, 0.15) is 17.4 Å². The van der Waals surface area contributed by atoms with Gasteiger partial charge in [0.25, 0.3) is 0 Å². The van der Waals surface area contributed by atoms with Gasteiger partial charge in [0, 0.05) is 21.0 Å². The van der Waals surface area contributed by atoms with Crippen molar-refractivity contribution in [3.05, 3.63) is 91.6 Å². The summed E-state index contributed by atoms with van der Waals surface area (Å²) in [7, 11) is 0. The number of nitrogens with zero attached hydrogens (tertiary/aromatic N) is 5. The van der Waals surface area contributed by atoms with Crippen LogP contribution in [0.15, 0.2) is 59.1 Å². The second-order valence-electron chi connectivity index (χ2n) is 8.75. The SMILES string of the molecule is Cc1ccc(COc2nnc3sc(-c4cc(-c5cc(F)c(Cl)cc5Cl)nc5ccc(Br)cc45)nn23)cc1C. The first-order valence-corrected chi connectivity index (χ1v) is 13.8. The maximum atomic E-state index is 14.3. The highest BCUT2D eigenvalue weighted by atomic mass is 79.9. The van der Waals surface area contributed by atoms with Crippen LogP contribution in [0, 0.1) is 19.7 Å². The van der Waals surface area contributed by atoms with Crippen LogP contribution < -0.4 is 4.74 Å². The van der Waals surface area contributed by atoms with Crippen molar-refractivity contribution in [2.45, 2.75) is 20.5 Å². The second-order valence-corrected chi connectivity index (χ2v) is 11.4. The van der Waals surface area contributed by atoms with E-state index in [9.17, 15) is 4.39 Å². The Labute approximate surface area is 239 Å². The fraction of sp³-hybridized carbons (Fsp3) is 0.111. The summed E-state index contributed by atoms with van der Waals surface area (Å²) in [5.41, 5.74) is 5.86. The van der Waals surface area contributed by atoms with Gasteiger partial charge in [0.15, 0.2) is 0 Å². The van der Waals surface area contributed by atoms with Crippen LogP contribution in [0.2, 0.25) is 10.0 Å². The van der Waals surface area contributed by atoms with E-state index in [-0.39, 0.29) is 5.02 Å². The highest BCUT2D eigenvalue weighted by Gasteiger charge is 2.19. The molecule has 0 aliphatic rings. The van der Waals surface area contributed by atoms with Gasteiger partial charge in [-0.25, -0.2) is 9.37 Å². The van der Waals surface area contributed by atoms with Gasteiger partial charge in [0.2, 0.25) is 4.96 Å². The first-order valence-electron chi connectivity index (χ1n) is 11.4. The number of rotatable bonds is 5. The highest BCUT2D eigenvalue weighted by Crippen LogP contribution is 2.38. The van der Waals surface area contributed by atoms with Crippen LogP contribution in [0.4, 0.5) is 4.39 Å². The van der Waals surface area contributed by atoms with Crippen molar-refractivity contribution >= 4 is 66.3 Å². The van der Waals surface area contributed by atoms with Gasteiger partial charge < -0.3 is 4.74 Å². The normalized spacial score (nSPS) is 11.5. The molecule has 0 atom stereocenters. The Balaban J connectivity index is 1.44. The number of hydrogen-bond acceptors (Lipinski definition) is 6. The van der Waals surface area contributed by atoms with Crippen LogP contribution in [0.5, 0.6) is 6.01 Å². The van der Waals surface area contributed by atoms with Gasteiger partial charge in [-0.05, 0) is 66.9 Å². The van der Waals surface area contributed by atoms with Gasteiger partial charge >= 0.3 is 6.01 Å². The van der Waals surface area contributed by atoms with Crippen molar-refractivity contribution < 1.29 is 9.13 Å². The average Bonchev–Trinajstić information content (AvgIpc) is 3.47. The number of benzene rings is 3. The summed E-state index contributed by atoms with van der Waals surface area (Å²) in [5, 5.41) is 15.0. The number of aryl methyl sites for hydroxylation is 2. The van der Waals surface area contributed by atoms with Crippen molar-refractivity contribution in [1.29, 1.82) is 0 Å². The molecule has 190 valence electrons. The molecule has 0 bridgehead atoms. The maximum absolute atomic E-state index is 14.3. The van der Waals surface area contributed by atoms with Crippen LogP contribution in [-0.2, 0) is 6.61 Å². The molecule has 3 aromatic carbocycles. The number of hydrogen-bond donors (Lipinski definition) is 0. The van der Waals surface area contributed by atoms with Crippen molar-refractivity contribution in [2.75, 3.05) is 0 Å². The van der Waals surface area contributed by atoms with Crippen LogP contribution >= 0.6 is 50.5 Å². The third-order valence-electron chi connectivity index (χ3n) is 6.19. The Morgan fingerprint density at radius 3 is 2.61 bits per heavy atom. The predicted octanol–water partition coefficient (Wildman–Crippen LogP) is 8.47. The third-order valence-corrected chi connectivity index (χ3v) is 8.22. The Kier molecular flexibility index (Phi) is 6.55. The predicted molar refractivity (Wildman–Crippen MR) is 153 cm³/mol. The van der Waals surface area contributed by atoms with Crippen molar-refractivity contribution in [3.8, 4) is 27.8 Å². The Hall–Kier alpha value is -3.11. The lowest BCUT2D eigenvalue weighted by atomic mass is 10.0. The molecule has 0 spiro atoms. The summed E-state index contributed by atoms with van der Waals surface area (Å²) in [6.07, 6.45) is 0. The Morgan fingerprint density at radius 1 is 0.947 bits per heavy atom. The smallest absolute Gasteiger partial charge is 0.340 e. The summed E-state index contributed by atoms with van der Waals surface area (Å²) in [6.45, 7) is 4.48. The molecular formula is C27H17BrCl2FN5OS. The van der Waals surface area contributed by atoms with Gasteiger partial charge in [-0.2, -0.15) is 4.52 Å². The van der Waals surface area contributed by atoms with E-state index in [0.717, 1.165) is 21.0 Å². The highest BCUT2D eigenvalue weighted by molar-refractivity contribution is 9.10. The summed E-state index contributed by atoms with van der Waals surface area (Å²) >= 11 is 17.3. The van der Waals surface area contributed by atoms with E-state index in [1.54, 1.807) is 4.52 Å². The molecule has 0 aliphatic carbocycles. The van der Waals surface area contributed by atoms with E-state index in [2.05, 4.69) is 52.1 Å². The van der Waals surface area contributed by atoms with E-state index in [4.69, 9.17) is 38.0 Å². The number of ether oxygens (including phenoxy) is 1. The largest absolute Gasteiger partial charge is 0.457 e. The van der Waals surface area contributed by atoms with Crippen LogP contribution in [-0.4, -0.2) is 24.8 Å². The average molecular weight is 629 g/mol. The summed E-state index contributed by atoms with van der Waals surface area (Å²) < 4.78 is 22.8. The van der Waals surface area contributed by atoms with Gasteiger partial charge in [-0.3, -0.25) is 0 Å². The minimum atomic E-state index is -0.574. The molecule has 6 aromatic rings. The van der Waals surface area contributed by atoms with E-state index < -0.39 is 5.82 Å². The minimum Gasteiger partial charge on any atom is -0.457 e. The minimum absolute atomic E-state index is 0.0503. The first-order chi connectivity index (χ1) is 18.3. The van der Waals surface area contributed by atoms with E-state index >= 15 is 0 Å². The van der Waals surface area contributed by atoms with E-state index in [1.807, 2.05) is 30.3 Å².